The Balaban J connectivity index is 1.85. The molecule has 0 saturated heterocycles. The molecule has 0 aliphatic carbocycles. The predicted molar refractivity (Wildman–Crippen MR) is 73.6 cm³/mol. The van der Waals surface area contributed by atoms with Gasteiger partial charge in [0.25, 0.3) is 5.91 Å². The molecule has 20 heavy (non-hydrogen) atoms. The summed E-state index contributed by atoms with van der Waals surface area (Å²) < 4.78 is 12.7. The number of halogens is 1. The number of hydrogen-bond acceptors (Lipinski definition) is 2. The van der Waals surface area contributed by atoms with Gasteiger partial charge in [-0.05, 0) is 48.4 Å². The van der Waals surface area contributed by atoms with Gasteiger partial charge in [0.2, 0.25) is 0 Å². The maximum Gasteiger partial charge on any atom is 0.251 e. The summed E-state index contributed by atoms with van der Waals surface area (Å²) in [5.41, 5.74) is 2.00. The van der Waals surface area contributed by atoms with Crippen molar-refractivity contribution in [1.29, 1.82) is 5.26 Å². The second kappa shape index (κ2) is 6.48. The smallest absolute Gasteiger partial charge is 0.251 e. The first-order chi connectivity index (χ1) is 9.69. The van der Waals surface area contributed by atoms with E-state index < -0.39 is 0 Å². The highest BCUT2D eigenvalue weighted by Gasteiger charge is 2.04. The highest BCUT2D eigenvalue weighted by atomic mass is 19.1. The van der Waals surface area contributed by atoms with Crippen molar-refractivity contribution in [3.05, 3.63) is 71.0 Å². The molecule has 0 radical (unpaired) electrons. The zero-order valence-electron chi connectivity index (χ0n) is 10.8. The van der Waals surface area contributed by atoms with Gasteiger partial charge < -0.3 is 5.32 Å². The Morgan fingerprint density at radius 2 is 1.75 bits per heavy atom. The van der Waals surface area contributed by atoms with E-state index in [9.17, 15) is 9.18 Å². The normalized spacial score (nSPS) is 9.80. The van der Waals surface area contributed by atoms with Crippen molar-refractivity contribution < 1.29 is 9.18 Å². The summed E-state index contributed by atoms with van der Waals surface area (Å²) >= 11 is 0. The summed E-state index contributed by atoms with van der Waals surface area (Å²) in [7, 11) is 0. The SMILES string of the molecule is N#Cc1ccc(C(=O)NCCc2ccc(F)cc2)cc1. The van der Waals surface area contributed by atoms with Crippen LogP contribution in [0.15, 0.2) is 48.5 Å². The second-order valence-corrected chi connectivity index (χ2v) is 4.32. The van der Waals surface area contributed by atoms with E-state index in [0.29, 0.717) is 24.1 Å². The van der Waals surface area contributed by atoms with E-state index in [2.05, 4.69) is 5.32 Å². The summed E-state index contributed by atoms with van der Waals surface area (Å²) in [6, 6.07) is 14.6. The van der Waals surface area contributed by atoms with Crippen LogP contribution in [0.25, 0.3) is 0 Å². The van der Waals surface area contributed by atoms with E-state index in [-0.39, 0.29) is 11.7 Å². The minimum atomic E-state index is -0.268. The predicted octanol–water partition coefficient (Wildman–Crippen LogP) is 2.67. The first-order valence-corrected chi connectivity index (χ1v) is 6.22. The van der Waals surface area contributed by atoms with Gasteiger partial charge in [0, 0.05) is 12.1 Å². The lowest BCUT2D eigenvalue weighted by atomic mass is 10.1. The Morgan fingerprint density at radius 1 is 1.10 bits per heavy atom. The Labute approximate surface area is 116 Å². The number of carbonyl (C=O) groups is 1. The van der Waals surface area contributed by atoms with Crippen molar-refractivity contribution in [2.24, 2.45) is 0 Å². The highest BCUT2D eigenvalue weighted by Crippen LogP contribution is 2.05. The lowest BCUT2D eigenvalue weighted by molar-refractivity contribution is 0.0954. The highest BCUT2D eigenvalue weighted by molar-refractivity contribution is 5.94. The average molecular weight is 268 g/mol. The molecule has 4 heteroatoms. The van der Waals surface area contributed by atoms with Crippen LogP contribution in [0.4, 0.5) is 4.39 Å². The van der Waals surface area contributed by atoms with E-state index in [1.807, 2.05) is 6.07 Å². The molecule has 3 nitrogen and oxygen atoms in total. The zero-order valence-corrected chi connectivity index (χ0v) is 10.8. The van der Waals surface area contributed by atoms with Crippen LogP contribution in [0.5, 0.6) is 0 Å². The van der Waals surface area contributed by atoms with Crippen LogP contribution >= 0.6 is 0 Å². The van der Waals surface area contributed by atoms with E-state index in [4.69, 9.17) is 5.26 Å². The molecule has 1 amide bonds. The summed E-state index contributed by atoms with van der Waals surface area (Å²) in [5, 5.41) is 11.5. The largest absolute Gasteiger partial charge is 0.352 e. The molecule has 100 valence electrons. The lowest BCUT2D eigenvalue weighted by Gasteiger charge is -2.05. The van der Waals surface area contributed by atoms with Crippen molar-refractivity contribution >= 4 is 5.91 Å². The van der Waals surface area contributed by atoms with Gasteiger partial charge in [-0.15, -0.1) is 0 Å². The quantitative estimate of drug-likeness (QED) is 0.926. The van der Waals surface area contributed by atoms with E-state index >= 15 is 0 Å². The molecule has 0 saturated carbocycles. The minimum absolute atomic E-state index is 0.184. The van der Waals surface area contributed by atoms with Crippen LogP contribution in [-0.2, 0) is 6.42 Å². The molecule has 0 heterocycles. The van der Waals surface area contributed by atoms with Gasteiger partial charge in [0.15, 0.2) is 0 Å². The van der Waals surface area contributed by atoms with Crippen LogP contribution in [-0.4, -0.2) is 12.5 Å². The fourth-order valence-electron chi connectivity index (χ4n) is 1.77. The van der Waals surface area contributed by atoms with Gasteiger partial charge >= 0.3 is 0 Å². The molecule has 0 atom stereocenters. The molecule has 2 aromatic carbocycles. The molecule has 0 bridgehead atoms. The van der Waals surface area contributed by atoms with Crippen LogP contribution in [0.1, 0.15) is 21.5 Å². The lowest BCUT2D eigenvalue weighted by Crippen LogP contribution is -2.25. The molecular weight excluding hydrogens is 255 g/mol. The number of nitrogens with one attached hydrogen (secondary N) is 1. The topological polar surface area (TPSA) is 52.9 Å². The van der Waals surface area contributed by atoms with E-state index in [1.54, 1.807) is 36.4 Å². The van der Waals surface area contributed by atoms with Gasteiger partial charge in [-0.2, -0.15) is 5.26 Å². The zero-order chi connectivity index (χ0) is 14.4. The van der Waals surface area contributed by atoms with Gasteiger partial charge in [-0.25, -0.2) is 4.39 Å². The monoisotopic (exact) mass is 268 g/mol. The number of nitrogens with zero attached hydrogens (tertiary/aromatic N) is 1. The second-order valence-electron chi connectivity index (χ2n) is 4.32. The standard InChI is InChI=1S/C16H13FN2O/c17-15-7-3-12(4-8-15)9-10-19-16(20)14-5-1-13(11-18)2-6-14/h1-8H,9-10H2,(H,19,20). The Bertz CT molecular complexity index is 627. The number of benzene rings is 2. The van der Waals surface area contributed by atoms with Gasteiger partial charge in [-0.1, -0.05) is 12.1 Å². The van der Waals surface area contributed by atoms with Gasteiger partial charge in [0.05, 0.1) is 11.6 Å². The van der Waals surface area contributed by atoms with Crippen LogP contribution in [0, 0.1) is 17.1 Å². The summed E-state index contributed by atoms with van der Waals surface area (Å²) in [4.78, 5) is 11.8. The van der Waals surface area contributed by atoms with Crippen molar-refractivity contribution in [2.45, 2.75) is 6.42 Å². The van der Waals surface area contributed by atoms with E-state index in [1.165, 1.54) is 12.1 Å². The number of carbonyl (C=O) groups excluding carboxylic acids is 1. The molecule has 2 rings (SSSR count). The maximum absolute atomic E-state index is 12.7. The Morgan fingerprint density at radius 3 is 2.35 bits per heavy atom. The van der Waals surface area contributed by atoms with E-state index in [0.717, 1.165) is 5.56 Å². The summed E-state index contributed by atoms with van der Waals surface area (Å²) in [6.07, 6.45) is 0.641. The third-order valence-corrected chi connectivity index (χ3v) is 2.89. The molecule has 0 aromatic heterocycles. The Kier molecular flexibility index (Phi) is 4.46. The first-order valence-electron chi connectivity index (χ1n) is 6.22. The van der Waals surface area contributed by atoms with Crippen molar-refractivity contribution in [3.63, 3.8) is 0 Å². The molecule has 0 spiro atoms. The number of hydrogen-bond donors (Lipinski definition) is 1. The molecule has 0 fully saturated rings. The maximum atomic E-state index is 12.7. The van der Waals surface area contributed by atoms with Crippen molar-refractivity contribution in [1.82, 2.24) is 5.32 Å². The third kappa shape index (κ3) is 3.66. The third-order valence-electron chi connectivity index (χ3n) is 2.89. The van der Waals surface area contributed by atoms with Crippen molar-refractivity contribution in [2.75, 3.05) is 6.54 Å². The summed E-state index contributed by atoms with van der Waals surface area (Å²) in [5.74, 6) is -0.452. The van der Waals surface area contributed by atoms with Crippen LogP contribution in [0.3, 0.4) is 0 Å². The van der Waals surface area contributed by atoms with Crippen LogP contribution < -0.4 is 5.32 Å². The molecule has 0 aliphatic rings. The number of nitriles is 1. The molecule has 0 aliphatic heterocycles. The Hall–Kier alpha value is -2.67. The summed E-state index contributed by atoms with van der Waals surface area (Å²) in [6.45, 7) is 0.477. The molecule has 2 aromatic rings. The first kappa shape index (κ1) is 13.8. The van der Waals surface area contributed by atoms with Gasteiger partial charge in [0.1, 0.15) is 5.82 Å². The number of amides is 1. The van der Waals surface area contributed by atoms with Gasteiger partial charge in [-0.3, -0.25) is 4.79 Å². The van der Waals surface area contributed by atoms with Crippen molar-refractivity contribution in [3.8, 4) is 6.07 Å². The fraction of sp³-hybridized carbons (Fsp3) is 0.125. The number of rotatable bonds is 4. The minimum Gasteiger partial charge on any atom is -0.352 e. The molecule has 1 N–H and O–H groups in total. The average Bonchev–Trinajstić information content (AvgIpc) is 2.49. The fourth-order valence-corrected chi connectivity index (χ4v) is 1.77. The molecule has 0 unspecified atom stereocenters. The van der Waals surface area contributed by atoms with Crippen LogP contribution in [0.2, 0.25) is 0 Å². The molecular formula is C16H13FN2O.